The average Bonchev–Trinajstić information content (AvgIpc) is 3.60. The van der Waals surface area contributed by atoms with Crippen molar-refractivity contribution < 1.29 is 0 Å². The predicted octanol–water partition coefficient (Wildman–Crippen LogP) is 16.2. The molecule has 0 saturated heterocycles. The molecule has 0 heteroatoms. The molecule has 0 nitrogen and oxygen atoms in total. The van der Waals surface area contributed by atoms with Crippen LogP contribution in [0.1, 0.15) is 194 Å². The molecule has 0 spiro atoms. The van der Waals surface area contributed by atoms with Crippen LogP contribution in [-0.4, -0.2) is 0 Å². The van der Waals surface area contributed by atoms with Gasteiger partial charge in [-0.2, -0.15) is 0 Å². The third kappa shape index (κ3) is 2.95. The lowest BCUT2D eigenvalue weighted by Crippen LogP contribution is -2.68. The van der Waals surface area contributed by atoms with Crippen molar-refractivity contribution in [3.63, 3.8) is 0 Å². The molecule has 0 aliphatic heterocycles. The molecule has 14 unspecified atom stereocenters. The minimum Gasteiger partial charge on any atom is -0.0811 e. The highest BCUT2D eigenvalue weighted by molar-refractivity contribution is 5.46. The largest absolute Gasteiger partial charge is 0.0811 e. The maximum Gasteiger partial charge on any atom is -0.00499 e. The normalized spacial score (nSPS) is 58.8. The van der Waals surface area contributed by atoms with Gasteiger partial charge in [-0.25, -0.2) is 0 Å². The first kappa shape index (κ1) is 42.2. The van der Waals surface area contributed by atoms with Crippen molar-refractivity contribution in [2.24, 2.45) is 133 Å². The Balaban J connectivity index is 0.000000164. The topological polar surface area (TPSA) is 0 Å². The van der Waals surface area contributed by atoms with E-state index in [0.29, 0.717) is 75.8 Å². The Morgan fingerprint density at radius 2 is 0.375 bits per heavy atom. The van der Waals surface area contributed by atoms with Gasteiger partial charge in [-0.15, -0.1) is 0 Å². The first-order valence-electron chi connectivity index (χ1n) is 23.8. The zero-order valence-corrected chi connectivity index (χ0v) is 42.8. The van der Waals surface area contributed by atoms with E-state index >= 15 is 0 Å². The molecule has 9 aliphatic rings. The first-order valence-corrected chi connectivity index (χ1v) is 23.8. The highest BCUT2D eigenvalue weighted by Crippen LogP contribution is 2.98. The van der Waals surface area contributed by atoms with Gasteiger partial charge in [0.15, 0.2) is 0 Å². The Hall–Kier alpha value is -0.520. The summed E-state index contributed by atoms with van der Waals surface area (Å²) in [6, 6.07) is 0. The summed E-state index contributed by atoms with van der Waals surface area (Å²) < 4.78 is 0. The van der Waals surface area contributed by atoms with E-state index in [1.165, 1.54) is 0 Å². The Bertz CT molecular complexity index is 1750. The summed E-state index contributed by atoms with van der Waals surface area (Å²) in [5.74, 6) is 4.48. The fraction of sp³-hybridized carbons (Fsp3) is 0.929. The lowest BCUT2D eigenvalue weighted by atomic mass is 9.31. The molecule has 0 aromatic rings. The summed E-state index contributed by atoms with van der Waals surface area (Å²) in [5.41, 5.74) is 5.52. The molecule has 14 atom stereocenters. The summed E-state index contributed by atoms with van der Waals surface area (Å²) >= 11 is 0. The van der Waals surface area contributed by atoms with E-state index in [4.69, 9.17) is 0 Å². The van der Waals surface area contributed by atoms with Crippen molar-refractivity contribution in [1.29, 1.82) is 0 Å². The van der Waals surface area contributed by atoms with Crippen LogP contribution in [0.2, 0.25) is 0 Å². The molecule has 318 valence electrons. The van der Waals surface area contributed by atoms with Crippen LogP contribution in [0.4, 0.5) is 0 Å². The molecule has 56 heavy (non-hydrogen) atoms. The van der Waals surface area contributed by atoms with Crippen molar-refractivity contribution in [1.82, 2.24) is 0 Å². The molecule has 7 fully saturated rings. The van der Waals surface area contributed by atoms with Gasteiger partial charge in [-0.3, -0.25) is 0 Å². The fourth-order valence-electron chi connectivity index (χ4n) is 23.6. The standard InChI is InChI=1S/C32H54.C24H40/c1-23(2)19-20(30(14)18-17-29(19,13)27(30,9)10)24(3,4)22-21(23)31(15)25(5,6)26(7,8)32(22,16)28(31,11)12;1-17(2)18(3,4)24(12)16-15(23(17,11)20(24,7)8)21(9)13-14-22(16,10)19(21,5)6/h17-22H,1-16H3;13-16H,1-12H3. The van der Waals surface area contributed by atoms with Crippen LogP contribution in [0.3, 0.4) is 0 Å². The molecule has 9 rings (SSSR count). The van der Waals surface area contributed by atoms with Crippen molar-refractivity contribution in [3.8, 4) is 0 Å². The van der Waals surface area contributed by atoms with Crippen LogP contribution in [-0.2, 0) is 0 Å². The van der Waals surface area contributed by atoms with E-state index < -0.39 is 0 Å². The number of rotatable bonds is 0. The third-order valence-electron chi connectivity index (χ3n) is 29.7. The molecule has 0 N–H and O–H groups in total. The van der Waals surface area contributed by atoms with Crippen molar-refractivity contribution >= 4 is 0 Å². The molecule has 0 aromatic carbocycles. The van der Waals surface area contributed by atoms with E-state index in [-0.39, 0.29) is 21.7 Å². The average molecular weight is 767 g/mol. The van der Waals surface area contributed by atoms with Gasteiger partial charge in [-0.05, 0) is 133 Å². The van der Waals surface area contributed by atoms with Gasteiger partial charge >= 0.3 is 0 Å². The Morgan fingerprint density at radius 3 is 0.589 bits per heavy atom. The van der Waals surface area contributed by atoms with Gasteiger partial charge in [-0.1, -0.05) is 218 Å². The zero-order chi connectivity index (χ0) is 43.3. The third-order valence-corrected chi connectivity index (χ3v) is 29.7. The van der Waals surface area contributed by atoms with Gasteiger partial charge in [0.1, 0.15) is 0 Å². The van der Waals surface area contributed by atoms with Crippen molar-refractivity contribution in [2.45, 2.75) is 194 Å². The van der Waals surface area contributed by atoms with E-state index in [9.17, 15) is 0 Å². The second kappa shape index (κ2) is 9.29. The van der Waals surface area contributed by atoms with E-state index in [2.05, 4.69) is 218 Å². The lowest BCUT2D eigenvalue weighted by Gasteiger charge is -2.72. The molecule has 0 aromatic heterocycles. The van der Waals surface area contributed by atoms with Gasteiger partial charge in [0.25, 0.3) is 0 Å². The molecule has 9 aliphatic carbocycles. The SMILES string of the molecule is CC1(C)C2C(C(C)(C)C3C1C1(C)C(C)(C)C(C)(C)C3(C)C1(C)C)C1(C)C=CC2(C)C1(C)C.CC12C=CC(C)(C3C1C1(C)C(C)(C)C(C)(C)C3(C)C1(C)C)C2(C)C. The summed E-state index contributed by atoms with van der Waals surface area (Å²) in [6.45, 7) is 73.9. The summed E-state index contributed by atoms with van der Waals surface area (Å²) in [6.07, 6.45) is 10.6. The van der Waals surface area contributed by atoms with Crippen LogP contribution in [0.5, 0.6) is 0 Å². The lowest BCUT2D eigenvalue weighted by molar-refractivity contribution is -0.249. The molecule has 8 bridgehead atoms. The molecule has 7 saturated carbocycles. The molecule has 0 heterocycles. The molecular formula is C56H94. The zero-order valence-electron chi connectivity index (χ0n) is 42.8. The first-order chi connectivity index (χ1) is 24.4. The maximum atomic E-state index is 2.74. The van der Waals surface area contributed by atoms with E-state index in [0.717, 1.165) is 35.5 Å². The quantitative estimate of drug-likeness (QED) is 0.170. The van der Waals surface area contributed by atoms with Gasteiger partial charge in [0.2, 0.25) is 0 Å². The van der Waals surface area contributed by atoms with Gasteiger partial charge < -0.3 is 0 Å². The summed E-state index contributed by atoms with van der Waals surface area (Å²) in [7, 11) is 0. The summed E-state index contributed by atoms with van der Waals surface area (Å²) in [4.78, 5) is 0. The smallest absolute Gasteiger partial charge is 0.00499 e. The Kier molecular flexibility index (Phi) is 7.00. The monoisotopic (exact) mass is 767 g/mol. The fourth-order valence-corrected chi connectivity index (χ4v) is 23.6. The van der Waals surface area contributed by atoms with Crippen LogP contribution in [0, 0.1) is 133 Å². The van der Waals surface area contributed by atoms with E-state index in [1.54, 1.807) is 0 Å². The Labute approximate surface area is 349 Å². The maximum absolute atomic E-state index is 2.74. The highest BCUT2D eigenvalue weighted by atomic mass is 15.0. The molecule has 0 amide bonds. The van der Waals surface area contributed by atoms with Crippen LogP contribution in [0.25, 0.3) is 0 Å². The molecule has 0 radical (unpaired) electrons. The van der Waals surface area contributed by atoms with Crippen molar-refractivity contribution in [2.75, 3.05) is 0 Å². The van der Waals surface area contributed by atoms with Gasteiger partial charge in [0.05, 0.1) is 0 Å². The van der Waals surface area contributed by atoms with Crippen LogP contribution in [0.15, 0.2) is 24.3 Å². The highest BCUT2D eigenvalue weighted by Gasteiger charge is 2.93. The second-order valence-corrected chi connectivity index (χ2v) is 30.1. The van der Waals surface area contributed by atoms with Gasteiger partial charge in [0, 0.05) is 0 Å². The summed E-state index contributed by atoms with van der Waals surface area (Å²) in [5, 5.41) is 0. The Morgan fingerprint density at radius 1 is 0.196 bits per heavy atom. The van der Waals surface area contributed by atoms with Crippen LogP contribution >= 0.6 is 0 Å². The number of allylic oxidation sites excluding steroid dienone is 4. The minimum atomic E-state index is 0.265. The predicted molar refractivity (Wildman–Crippen MR) is 242 cm³/mol. The second-order valence-electron chi connectivity index (χ2n) is 30.1. The molecular weight excluding hydrogens is 673 g/mol. The van der Waals surface area contributed by atoms with Crippen molar-refractivity contribution in [3.05, 3.63) is 24.3 Å². The number of fused-ring (bicyclic) bond motifs is 19. The number of hydrogen-bond acceptors (Lipinski definition) is 0. The number of hydrogen-bond donors (Lipinski definition) is 0. The van der Waals surface area contributed by atoms with Crippen LogP contribution < -0.4 is 0 Å². The van der Waals surface area contributed by atoms with E-state index in [1.807, 2.05) is 0 Å². The minimum absolute atomic E-state index is 0.265.